The fourth-order valence-electron chi connectivity index (χ4n) is 4.42. The molecular formula is C30H27N3O6. The molecule has 3 N–H and O–H groups in total. The number of aromatic amines is 1. The first-order valence-corrected chi connectivity index (χ1v) is 12.1. The van der Waals surface area contributed by atoms with Crippen molar-refractivity contribution in [3.05, 3.63) is 90.1 Å². The molecule has 1 aromatic heterocycles. The summed E-state index contributed by atoms with van der Waals surface area (Å²) in [6.07, 6.45) is -0.599. The number of rotatable bonds is 8. The first-order chi connectivity index (χ1) is 19.0. The zero-order valence-electron chi connectivity index (χ0n) is 21.7. The molecule has 0 spiro atoms. The predicted octanol–water partition coefficient (Wildman–Crippen LogP) is 6.35. The minimum atomic E-state index is -0.599. The summed E-state index contributed by atoms with van der Waals surface area (Å²) in [4.78, 5) is 29.0. The van der Waals surface area contributed by atoms with E-state index in [2.05, 4.69) is 15.6 Å². The quantitative estimate of drug-likeness (QED) is 0.218. The van der Waals surface area contributed by atoms with Crippen LogP contribution in [0.25, 0.3) is 21.7 Å². The molecular weight excluding hydrogens is 498 g/mol. The molecule has 2 amide bonds. The molecule has 198 valence electrons. The van der Waals surface area contributed by atoms with Crippen LogP contribution < -0.4 is 24.8 Å². The van der Waals surface area contributed by atoms with Crippen molar-refractivity contribution >= 4 is 45.1 Å². The van der Waals surface area contributed by atoms with Crippen molar-refractivity contribution in [1.29, 1.82) is 0 Å². The fourth-order valence-corrected chi connectivity index (χ4v) is 4.42. The molecule has 0 radical (unpaired) electrons. The Labute approximate surface area is 224 Å². The molecule has 0 saturated heterocycles. The Morgan fingerprint density at radius 1 is 0.769 bits per heavy atom. The Kier molecular flexibility index (Phi) is 7.22. The minimum Gasteiger partial charge on any atom is -0.493 e. The van der Waals surface area contributed by atoms with E-state index in [1.807, 2.05) is 60.7 Å². The minimum absolute atomic E-state index is 0.139. The number of carbonyl (C=O) groups excluding carboxylic acids is 2. The van der Waals surface area contributed by atoms with Crippen LogP contribution >= 0.6 is 0 Å². The highest BCUT2D eigenvalue weighted by molar-refractivity contribution is 6.09. The number of fused-ring (bicyclic) bond motifs is 2. The zero-order valence-corrected chi connectivity index (χ0v) is 21.7. The number of methoxy groups -OCH3 is 3. The topological polar surface area (TPSA) is 111 Å². The zero-order chi connectivity index (χ0) is 27.4. The lowest BCUT2D eigenvalue weighted by Crippen LogP contribution is -2.15. The molecule has 0 atom stereocenters. The van der Waals surface area contributed by atoms with Crippen LogP contribution in [0.4, 0.5) is 16.2 Å². The second-order valence-corrected chi connectivity index (χ2v) is 8.68. The average Bonchev–Trinajstić information content (AvgIpc) is 3.39. The molecule has 0 bridgehead atoms. The van der Waals surface area contributed by atoms with Crippen LogP contribution in [0.2, 0.25) is 0 Å². The Morgan fingerprint density at radius 2 is 1.51 bits per heavy atom. The summed E-state index contributed by atoms with van der Waals surface area (Å²) in [6, 6.07) is 24.0. The summed E-state index contributed by atoms with van der Waals surface area (Å²) in [5.41, 5.74) is 2.79. The molecule has 39 heavy (non-hydrogen) atoms. The van der Waals surface area contributed by atoms with E-state index < -0.39 is 6.09 Å². The number of anilines is 2. The number of ether oxygens (including phenoxy) is 4. The first-order valence-electron chi connectivity index (χ1n) is 12.1. The van der Waals surface area contributed by atoms with Crippen LogP contribution in [-0.2, 0) is 11.3 Å². The standard InChI is InChI=1S/C30H27N3O6/c1-36-25-15-20-14-24(32-26(20)28(38-3)27(25)37-2)29(34)31-21-13-19-11-7-8-12-22(19)23(16-21)33-30(35)39-17-18-9-5-4-6-10-18/h4-16,32H,17H2,1-3H3,(H,31,34)(H,33,35). The molecule has 4 aromatic carbocycles. The highest BCUT2D eigenvalue weighted by Crippen LogP contribution is 2.43. The van der Waals surface area contributed by atoms with Crippen LogP contribution in [0, 0.1) is 0 Å². The van der Waals surface area contributed by atoms with Crippen molar-refractivity contribution in [3.63, 3.8) is 0 Å². The molecule has 0 fully saturated rings. The Morgan fingerprint density at radius 3 is 2.26 bits per heavy atom. The number of benzene rings is 4. The van der Waals surface area contributed by atoms with Crippen LogP contribution in [0.15, 0.2) is 78.9 Å². The van der Waals surface area contributed by atoms with Gasteiger partial charge < -0.3 is 29.2 Å². The number of nitrogens with one attached hydrogen (secondary N) is 3. The van der Waals surface area contributed by atoms with Crippen LogP contribution in [0.3, 0.4) is 0 Å². The second-order valence-electron chi connectivity index (χ2n) is 8.68. The number of H-pyrrole nitrogens is 1. The second kappa shape index (κ2) is 11.1. The van der Waals surface area contributed by atoms with Crippen LogP contribution in [0.1, 0.15) is 16.1 Å². The number of amides is 2. The maximum absolute atomic E-state index is 13.3. The number of aromatic nitrogens is 1. The summed E-state index contributed by atoms with van der Waals surface area (Å²) in [5.74, 6) is 0.957. The molecule has 5 aromatic rings. The SMILES string of the molecule is COc1cc2cc(C(=O)Nc3cc(NC(=O)OCc4ccccc4)c4ccccc4c3)[nH]c2c(OC)c1OC. The van der Waals surface area contributed by atoms with Gasteiger partial charge >= 0.3 is 6.09 Å². The van der Waals surface area contributed by atoms with Gasteiger partial charge in [-0.25, -0.2) is 4.79 Å². The summed E-state index contributed by atoms with van der Waals surface area (Å²) in [6.45, 7) is 0.139. The number of hydrogen-bond donors (Lipinski definition) is 3. The smallest absolute Gasteiger partial charge is 0.411 e. The summed E-state index contributed by atoms with van der Waals surface area (Å²) in [5, 5.41) is 8.08. The highest BCUT2D eigenvalue weighted by atomic mass is 16.5. The number of carbonyl (C=O) groups is 2. The van der Waals surface area contributed by atoms with Crippen molar-refractivity contribution in [1.82, 2.24) is 4.98 Å². The maximum Gasteiger partial charge on any atom is 0.411 e. The van der Waals surface area contributed by atoms with Crippen molar-refractivity contribution in [2.24, 2.45) is 0 Å². The van der Waals surface area contributed by atoms with E-state index in [0.717, 1.165) is 21.7 Å². The van der Waals surface area contributed by atoms with Gasteiger partial charge in [0.2, 0.25) is 5.75 Å². The third kappa shape index (κ3) is 5.28. The first kappa shape index (κ1) is 25.5. The summed E-state index contributed by atoms with van der Waals surface area (Å²) < 4.78 is 21.8. The van der Waals surface area contributed by atoms with Gasteiger partial charge in [-0.15, -0.1) is 0 Å². The van der Waals surface area contributed by atoms with Gasteiger partial charge in [-0.1, -0.05) is 54.6 Å². The summed E-state index contributed by atoms with van der Waals surface area (Å²) in [7, 11) is 4.57. The van der Waals surface area contributed by atoms with Crippen molar-refractivity contribution in [2.75, 3.05) is 32.0 Å². The van der Waals surface area contributed by atoms with E-state index in [-0.39, 0.29) is 12.5 Å². The van der Waals surface area contributed by atoms with Crippen molar-refractivity contribution in [2.45, 2.75) is 6.61 Å². The molecule has 0 aliphatic carbocycles. The molecule has 0 aliphatic rings. The Hall–Kier alpha value is -5.18. The lowest BCUT2D eigenvalue weighted by molar-refractivity contribution is 0.102. The Bertz CT molecular complexity index is 1660. The third-order valence-electron chi connectivity index (χ3n) is 6.23. The van der Waals surface area contributed by atoms with E-state index in [0.29, 0.717) is 39.8 Å². The highest BCUT2D eigenvalue weighted by Gasteiger charge is 2.20. The van der Waals surface area contributed by atoms with E-state index in [1.54, 1.807) is 18.2 Å². The fraction of sp³-hybridized carbons (Fsp3) is 0.133. The normalized spacial score (nSPS) is 10.7. The van der Waals surface area contributed by atoms with Crippen molar-refractivity contribution in [3.8, 4) is 17.2 Å². The predicted molar refractivity (Wildman–Crippen MR) is 150 cm³/mol. The lowest BCUT2D eigenvalue weighted by Gasteiger charge is -2.13. The Balaban J connectivity index is 1.41. The van der Waals surface area contributed by atoms with Gasteiger partial charge in [-0.2, -0.15) is 0 Å². The molecule has 0 aliphatic heterocycles. The molecule has 0 unspecified atom stereocenters. The van der Waals surface area contributed by atoms with Gasteiger partial charge in [0.25, 0.3) is 5.91 Å². The average molecular weight is 526 g/mol. The van der Waals surface area contributed by atoms with Gasteiger partial charge in [-0.3, -0.25) is 10.1 Å². The van der Waals surface area contributed by atoms with Gasteiger partial charge in [0.05, 0.1) is 32.5 Å². The van der Waals surface area contributed by atoms with Crippen LogP contribution in [-0.4, -0.2) is 38.3 Å². The van der Waals surface area contributed by atoms with Crippen molar-refractivity contribution < 1.29 is 28.5 Å². The van der Waals surface area contributed by atoms with E-state index in [9.17, 15) is 9.59 Å². The molecule has 1 heterocycles. The van der Waals surface area contributed by atoms with Gasteiger partial charge in [0.15, 0.2) is 11.5 Å². The maximum atomic E-state index is 13.3. The van der Waals surface area contributed by atoms with Crippen LogP contribution in [0.5, 0.6) is 17.2 Å². The molecule has 0 saturated carbocycles. The van der Waals surface area contributed by atoms with Gasteiger partial charge in [-0.05, 0) is 35.2 Å². The van der Waals surface area contributed by atoms with Gasteiger partial charge in [0.1, 0.15) is 12.3 Å². The number of hydrogen-bond acceptors (Lipinski definition) is 6. The van der Waals surface area contributed by atoms with E-state index in [4.69, 9.17) is 18.9 Å². The lowest BCUT2D eigenvalue weighted by atomic mass is 10.1. The molecule has 9 heteroatoms. The molecule has 9 nitrogen and oxygen atoms in total. The summed E-state index contributed by atoms with van der Waals surface area (Å²) >= 11 is 0. The van der Waals surface area contributed by atoms with Gasteiger partial charge in [0, 0.05) is 16.5 Å². The monoisotopic (exact) mass is 525 g/mol. The van der Waals surface area contributed by atoms with E-state index >= 15 is 0 Å². The largest absolute Gasteiger partial charge is 0.493 e. The van der Waals surface area contributed by atoms with E-state index in [1.165, 1.54) is 21.3 Å². The third-order valence-corrected chi connectivity index (χ3v) is 6.23. The molecule has 5 rings (SSSR count).